The van der Waals surface area contributed by atoms with Gasteiger partial charge in [-0.2, -0.15) is 0 Å². The van der Waals surface area contributed by atoms with Gasteiger partial charge in [0.15, 0.2) is 0 Å². The van der Waals surface area contributed by atoms with Gasteiger partial charge in [-0.05, 0) is 38.3 Å². The first-order chi connectivity index (χ1) is 12.0. The molecule has 1 aromatic carbocycles. The molecule has 3 rings (SSSR count). The summed E-state index contributed by atoms with van der Waals surface area (Å²) in [5.41, 5.74) is 1.24. The zero-order valence-electron chi connectivity index (χ0n) is 14.6. The number of nitrogens with one attached hydrogen (secondary N) is 1. The molecule has 1 aromatic rings. The van der Waals surface area contributed by atoms with E-state index in [0.29, 0.717) is 38.2 Å². The number of amides is 2. The Kier molecular flexibility index (Phi) is 5.37. The fourth-order valence-corrected chi connectivity index (χ4v) is 3.28. The van der Waals surface area contributed by atoms with Crippen molar-refractivity contribution in [3.63, 3.8) is 0 Å². The van der Waals surface area contributed by atoms with Crippen molar-refractivity contribution in [2.24, 2.45) is 5.41 Å². The van der Waals surface area contributed by atoms with E-state index in [2.05, 4.69) is 5.32 Å². The molecule has 1 saturated carbocycles. The van der Waals surface area contributed by atoms with Gasteiger partial charge in [0.1, 0.15) is 0 Å². The second kappa shape index (κ2) is 7.52. The minimum absolute atomic E-state index is 0.0447. The third-order valence-electron chi connectivity index (χ3n) is 5.11. The van der Waals surface area contributed by atoms with Crippen LogP contribution >= 0.6 is 0 Å². The minimum atomic E-state index is -0.470. The maximum Gasteiger partial charge on any atom is 0.251 e. The number of carbonyl (C=O) groups is 2. The lowest BCUT2D eigenvalue weighted by atomic mass is 10.0. The van der Waals surface area contributed by atoms with Gasteiger partial charge in [-0.15, -0.1) is 0 Å². The van der Waals surface area contributed by atoms with Gasteiger partial charge in [0, 0.05) is 25.2 Å². The number of aryl methyl sites for hydroxylation is 1. The Morgan fingerprint density at radius 1 is 1.32 bits per heavy atom. The fraction of sp³-hybridized carbons (Fsp3) is 0.579. The van der Waals surface area contributed by atoms with Crippen molar-refractivity contribution < 1.29 is 18.7 Å². The van der Waals surface area contributed by atoms with Crippen molar-refractivity contribution in [1.82, 2.24) is 10.2 Å². The van der Waals surface area contributed by atoms with Crippen molar-refractivity contribution in [2.75, 3.05) is 32.9 Å². The number of alkyl halides is 1. The first kappa shape index (κ1) is 17.9. The minimum Gasteiger partial charge on any atom is -0.373 e. The molecule has 5 nitrogen and oxygen atoms in total. The Labute approximate surface area is 147 Å². The van der Waals surface area contributed by atoms with E-state index >= 15 is 0 Å². The molecule has 2 amide bonds. The lowest BCUT2D eigenvalue weighted by Crippen LogP contribution is -2.51. The van der Waals surface area contributed by atoms with Crippen LogP contribution in [0.2, 0.25) is 0 Å². The molecule has 6 heteroatoms. The van der Waals surface area contributed by atoms with Crippen LogP contribution in [0.4, 0.5) is 4.39 Å². The van der Waals surface area contributed by atoms with Crippen molar-refractivity contribution in [2.45, 2.75) is 32.3 Å². The van der Waals surface area contributed by atoms with Crippen LogP contribution < -0.4 is 5.32 Å². The molecular formula is C19H25FN2O3. The van der Waals surface area contributed by atoms with Gasteiger partial charge < -0.3 is 15.0 Å². The van der Waals surface area contributed by atoms with Crippen molar-refractivity contribution in [3.8, 4) is 0 Å². The van der Waals surface area contributed by atoms with E-state index in [-0.39, 0.29) is 17.9 Å². The molecule has 1 N–H and O–H groups in total. The molecule has 0 spiro atoms. The summed E-state index contributed by atoms with van der Waals surface area (Å²) in [6.07, 6.45) is 1.65. The molecule has 2 fully saturated rings. The number of hydrogen-bond donors (Lipinski definition) is 1. The summed E-state index contributed by atoms with van der Waals surface area (Å²) in [5.74, 6) is -0.105. The zero-order chi connectivity index (χ0) is 17.9. The van der Waals surface area contributed by atoms with E-state index in [0.717, 1.165) is 18.4 Å². The standard InChI is InChI=1S/C19H25FN2O3/c1-14-2-4-15(5-3-14)17(23)21-12-16-13-22(10-11-25-16)18(24)19(6-7-19)8-9-20/h2-5,16H,6-13H2,1H3,(H,21,23). The van der Waals surface area contributed by atoms with Gasteiger partial charge in [-0.1, -0.05) is 17.7 Å². The average molecular weight is 348 g/mol. The molecule has 25 heavy (non-hydrogen) atoms. The summed E-state index contributed by atoms with van der Waals surface area (Å²) in [7, 11) is 0. The largest absolute Gasteiger partial charge is 0.373 e. The van der Waals surface area contributed by atoms with E-state index in [4.69, 9.17) is 4.74 Å². The number of carbonyl (C=O) groups excluding carboxylic acids is 2. The van der Waals surface area contributed by atoms with E-state index in [1.807, 2.05) is 19.1 Å². The Morgan fingerprint density at radius 2 is 2.04 bits per heavy atom. The Hall–Kier alpha value is -1.95. The number of rotatable bonds is 6. The lowest BCUT2D eigenvalue weighted by Gasteiger charge is -2.35. The first-order valence-electron chi connectivity index (χ1n) is 8.86. The Bertz CT molecular complexity index is 628. The summed E-state index contributed by atoms with van der Waals surface area (Å²) in [6, 6.07) is 7.37. The highest BCUT2D eigenvalue weighted by atomic mass is 19.1. The fourth-order valence-electron chi connectivity index (χ4n) is 3.28. The Balaban J connectivity index is 1.51. The molecule has 1 heterocycles. The summed E-state index contributed by atoms with van der Waals surface area (Å²) in [4.78, 5) is 26.6. The number of benzene rings is 1. The van der Waals surface area contributed by atoms with Gasteiger partial charge in [0.05, 0.1) is 24.8 Å². The predicted octanol–water partition coefficient (Wildman–Crippen LogP) is 2.09. The molecule has 1 aliphatic carbocycles. The van der Waals surface area contributed by atoms with Crippen LogP contribution in [0.1, 0.15) is 35.2 Å². The third-order valence-corrected chi connectivity index (χ3v) is 5.11. The molecule has 0 bridgehead atoms. The van der Waals surface area contributed by atoms with Crippen LogP contribution in [0.15, 0.2) is 24.3 Å². The lowest BCUT2D eigenvalue weighted by molar-refractivity contribution is -0.144. The second-order valence-electron chi connectivity index (χ2n) is 7.04. The average Bonchev–Trinajstić information content (AvgIpc) is 3.41. The molecule has 1 atom stereocenters. The number of hydrogen-bond acceptors (Lipinski definition) is 3. The van der Waals surface area contributed by atoms with Crippen LogP contribution in [-0.2, 0) is 9.53 Å². The van der Waals surface area contributed by atoms with E-state index in [1.165, 1.54) is 0 Å². The van der Waals surface area contributed by atoms with Gasteiger partial charge in [-0.25, -0.2) is 0 Å². The normalized spacial score (nSPS) is 21.7. The molecule has 1 aliphatic heterocycles. The summed E-state index contributed by atoms with van der Waals surface area (Å²) >= 11 is 0. The van der Waals surface area contributed by atoms with Crippen LogP contribution in [0.5, 0.6) is 0 Å². The highest BCUT2D eigenvalue weighted by molar-refractivity contribution is 5.94. The zero-order valence-corrected chi connectivity index (χ0v) is 14.6. The van der Waals surface area contributed by atoms with Gasteiger partial charge in [0.2, 0.25) is 5.91 Å². The second-order valence-corrected chi connectivity index (χ2v) is 7.04. The molecule has 1 saturated heterocycles. The first-order valence-corrected chi connectivity index (χ1v) is 8.86. The number of nitrogens with zero attached hydrogens (tertiary/aromatic N) is 1. The molecule has 0 radical (unpaired) electrons. The van der Waals surface area contributed by atoms with Crippen LogP contribution in [-0.4, -0.2) is 55.7 Å². The number of morpholine rings is 1. The topological polar surface area (TPSA) is 58.6 Å². The van der Waals surface area contributed by atoms with Gasteiger partial charge in [0.25, 0.3) is 5.91 Å². The molecular weight excluding hydrogens is 323 g/mol. The SMILES string of the molecule is Cc1ccc(C(=O)NCC2CN(C(=O)C3(CCF)CC3)CCO2)cc1. The van der Waals surface area contributed by atoms with E-state index in [9.17, 15) is 14.0 Å². The summed E-state index contributed by atoms with van der Waals surface area (Å²) in [6.45, 7) is 3.30. The van der Waals surface area contributed by atoms with Crippen molar-refractivity contribution in [1.29, 1.82) is 0 Å². The van der Waals surface area contributed by atoms with Crippen molar-refractivity contribution >= 4 is 11.8 Å². The highest BCUT2D eigenvalue weighted by Crippen LogP contribution is 2.50. The summed E-state index contributed by atoms with van der Waals surface area (Å²) in [5, 5.41) is 2.87. The number of halogens is 1. The summed E-state index contributed by atoms with van der Waals surface area (Å²) < 4.78 is 18.4. The molecule has 136 valence electrons. The third kappa shape index (κ3) is 4.18. The monoisotopic (exact) mass is 348 g/mol. The van der Waals surface area contributed by atoms with E-state index < -0.39 is 12.1 Å². The number of ether oxygens (including phenoxy) is 1. The van der Waals surface area contributed by atoms with Crippen LogP contribution in [0.3, 0.4) is 0 Å². The molecule has 0 aromatic heterocycles. The van der Waals surface area contributed by atoms with Crippen LogP contribution in [0.25, 0.3) is 0 Å². The van der Waals surface area contributed by atoms with Gasteiger partial charge in [-0.3, -0.25) is 14.0 Å². The van der Waals surface area contributed by atoms with Crippen LogP contribution in [0, 0.1) is 12.3 Å². The van der Waals surface area contributed by atoms with Gasteiger partial charge >= 0.3 is 0 Å². The smallest absolute Gasteiger partial charge is 0.251 e. The quantitative estimate of drug-likeness (QED) is 0.856. The van der Waals surface area contributed by atoms with E-state index in [1.54, 1.807) is 17.0 Å². The predicted molar refractivity (Wildman–Crippen MR) is 92.1 cm³/mol. The molecule has 1 unspecified atom stereocenters. The maximum atomic E-state index is 12.7. The molecule has 2 aliphatic rings. The highest BCUT2D eigenvalue weighted by Gasteiger charge is 2.51. The Morgan fingerprint density at radius 3 is 2.68 bits per heavy atom. The van der Waals surface area contributed by atoms with Crippen molar-refractivity contribution in [3.05, 3.63) is 35.4 Å². The maximum absolute atomic E-state index is 12.7.